The first-order valence-electron chi connectivity index (χ1n) is 9.56. The lowest BCUT2D eigenvalue weighted by molar-refractivity contribution is -0.120. The van der Waals surface area contributed by atoms with E-state index < -0.39 is 10.0 Å². The summed E-state index contributed by atoms with van der Waals surface area (Å²) < 4.78 is 27.7. The van der Waals surface area contributed by atoms with Gasteiger partial charge in [-0.05, 0) is 67.5 Å². The Morgan fingerprint density at radius 3 is 2.36 bits per heavy atom. The molecule has 0 saturated heterocycles. The second-order valence-electron chi connectivity index (χ2n) is 7.65. The van der Waals surface area contributed by atoms with Gasteiger partial charge in [0.25, 0.3) is 10.0 Å². The molecule has 2 bridgehead atoms. The number of hydrogen-bond donors (Lipinski definition) is 1. The predicted octanol–water partition coefficient (Wildman–Crippen LogP) is 3.84. The van der Waals surface area contributed by atoms with Gasteiger partial charge in [0, 0.05) is 11.1 Å². The highest BCUT2D eigenvalue weighted by atomic mass is 35.5. The highest BCUT2D eigenvalue weighted by molar-refractivity contribution is 7.92. The lowest BCUT2D eigenvalue weighted by Crippen LogP contribution is -2.45. The second kappa shape index (κ2) is 7.76. The van der Waals surface area contributed by atoms with E-state index in [1.165, 1.54) is 41.4 Å². The Balaban J connectivity index is 1.57. The minimum atomic E-state index is -3.90. The average molecular weight is 419 g/mol. The molecule has 3 atom stereocenters. The fourth-order valence-electron chi connectivity index (χ4n) is 4.45. The molecule has 2 saturated carbocycles. The van der Waals surface area contributed by atoms with Crippen LogP contribution in [0.4, 0.5) is 5.69 Å². The van der Waals surface area contributed by atoms with Crippen LogP contribution in [0.15, 0.2) is 59.5 Å². The van der Waals surface area contributed by atoms with Gasteiger partial charge in [0.2, 0.25) is 5.91 Å². The lowest BCUT2D eigenvalue weighted by atomic mass is 9.95. The zero-order valence-electron chi connectivity index (χ0n) is 15.4. The third kappa shape index (κ3) is 3.89. The summed E-state index contributed by atoms with van der Waals surface area (Å²) in [6.07, 6.45) is 4.58. The quantitative estimate of drug-likeness (QED) is 0.775. The number of para-hydroxylation sites is 1. The van der Waals surface area contributed by atoms with Crippen molar-refractivity contribution in [3.63, 3.8) is 0 Å². The first kappa shape index (κ1) is 19.3. The van der Waals surface area contributed by atoms with Crippen molar-refractivity contribution in [2.24, 2.45) is 11.8 Å². The molecule has 2 fully saturated rings. The summed E-state index contributed by atoms with van der Waals surface area (Å²) in [5.74, 6) is 0.976. The minimum absolute atomic E-state index is 0.105. The number of halogens is 1. The van der Waals surface area contributed by atoms with E-state index in [9.17, 15) is 13.2 Å². The van der Waals surface area contributed by atoms with Crippen LogP contribution in [0.3, 0.4) is 0 Å². The highest BCUT2D eigenvalue weighted by Crippen LogP contribution is 2.44. The topological polar surface area (TPSA) is 66.5 Å². The molecule has 2 aliphatic carbocycles. The zero-order valence-corrected chi connectivity index (χ0v) is 17.0. The summed E-state index contributed by atoms with van der Waals surface area (Å²) in [4.78, 5) is 12.9. The number of carbonyl (C=O) groups is 1. The van der Waals surface area contributed by atoms with Crippen molar-refractivity contribution >= 4 is 33.2 Å². The predicted molar refractivity (Wildman–Crippen MR) is 110 cm³/mol. The van der Waals surface area contributed by atoms with Gasteiger partial charge in [-0.1, -0.05) is 36.2 Å². The lowest BCUT2D eigenvalue weighted by Gasteiger charge is -2.27. The van der Waals surface area contributed by atoms with Crippen molar-refractivity contribution in [2.75, 3.05) is 10.8 Å². The molecule has 0 aliphatic heterocycles. The maximum Gasteiger partial charge on any atom is 0.264 e. The van der Waals surface area contributed by atoms with E-state index in [4.69, 9.17) is 11.6 Å². The Kier molecular flexibility index (Phi) is 5.34. The number of anilines is 1. The third-order valence-electron chi connectivity index (χ3n) is 5.82. The standard InChI is InChI=1S/C21H23ClN2O3S/c22-17-8-10-19(11-9-17)28(26,27)24(18-4-2-1-3-5-18)14-21(25)23-20-13-15-6-7-16(20)12-15/h1-5,8-11,15-16,20H,6-7,12-14H2,(H,23,25)/t15-,16+,20-/m0/s1. The van der Waals surface area contributed by atoms with E-state index in [0.29, 0.717) is 22.5 Å². The maximum absolute atomic E-state index is 13.2. The fourth-order valence-corrected chi connectivity index (χ4v) is 5.99. The molecule has 0 radical (unpaired) electrons. The number of amides is 1. The normalized spacial score (nSPS) is 23.5. The number of sulfonamides is 1. The number of fused-ring (bicyclic) bond motifs is 2. The molecule has 0 spiro atoms. The first-order valence-corrected chi connectivity index (χ1v) is 11.4. The van der Waals surface area contributed by atoms with E-state index in [1.54, 1.807) is 24.3 Å². The first-order chi connectivity index (χ1) is 13.4. The van der Waals surface area contributed by atoms with Gasteiger partial charge in [-0.15, -0.1) is 0 Å². The Labute approximate surface area is 170 Å². The third-order valence-corrected chi connectivity index (χ3v) is 7.86. The number of nitrogens with zero attached hydrogens (tertiary/aromatic N) is 1. The van der Waals surface area contributed by atoms with E-state index in [0.717, 1.165) is 12.8 Å². The molecule has 148 valence electrons. The molecule has 1 amide bonds. The second-order valence-corrected chi connectivity index (χ2v) is 9.95. The number of hydrogen-bond acceptors (Lipinski definition) is 3. The fraction of sp³-hybridized carbons (Fsp3) is 0.381. The van der Waals surface area contributed by atoms with Crippen molar-refractivity contribution in [3.05, 3.63) is 59.6 Å². The van der Waals surface area contributed by atoms with Crippen LogP contribution in [0, 0.1) is 11.8 Å². The Morgan fingerprint density at radius 1 is 1.04 bits per heavy atom. The van der Waals surface area contributed by atoms with Crippen LogP contribution in [-0.4, -0.2) is 26.9 Å². The molecule has 2 aromatic carbocycles. The van der Waals surface area contributed by atoms with Crippen LogP contribution < -0.4 is 9.62 Å². The number of carbonyl (C=O) groups excluding carboxylic acids is 1. The molecule has 0 unspecified atom stereocenters. The van der Waals surface area contributed by atoms with Gasteiger partial charge in [0.1, 0.15) is 6.54 Å². The Morgan fingerprint density at radius 2 is 1.75 bits per heavy atom. The molecule has 0 heterocycles. The number of rotatable bonds is 6. The number of nitrogens with one attached hydrogen (secondary N) is 1. The minimum Gasteiger partial charge on any atom is -0.352 e. The molecule has 1 N–H and O–H groups in total. The summed E-state index contributed by atoms with van der Waals surface area (Å²) in [7, 11) is -3.90. The van der Waals surface area contributed by atoms with Crippen LogP contribution in [0.2, 0.25) is 5.02 Å². The van der Waals surface area contributed by atoms with Gasteiger partial charge in [-0.2, -0.15) is 0 Å². The van der Waals surface area contributed by atoms with Crippen LogP contribution >= 0.6 is 11.6 Å². The summed E-state index contributed by atoms with van der Waals surface area (Å²) in [6.45, 7) is -0.247. The molecular weight excluding hydrogens is 396 g/mol. The van der Waals surface area contributed by atoms with Crippen molar-refractivity contribution in [1.82, 2.24) is 5.32 Å². The molecular formula is C21H23ClN2O3S. The smallest absolute Gasteiger partial charge is 0.264 e. The van der Waals surface area contributed by atoms with Crippen LogP contribution in [0.5, 0.6) is 0 Å². The number of benzene rings is 2. The molecule has 4 rings (SSSR count). The summed E-state index contributed by atoms with van der Waals surface area (Å²) in [6, 6.07) is 14.9. The van der Waals surface area contributed by atoms with Gasteiger partial charge < -0.3 is 5.32 Å². The molecule has 7 heteroatoms. The van der Waals surface area contributed by atoms with Crippen molar-refractivity contribution in [3.8, 4) is 0 Å². The SMILES string of the molecule is O=C(CN(c1ccccc1)S(=O)(=O)c1ccc(Cl)cc1)N[C@H]1C[C@H]2CC[C@@H]1C2. The van der Waals surface area contributed by atoms with Gasteiger partial charge in [-0.25, -0.2) is 8.42 Å². The van der Waals surface area contributed by atoms with Gasteiger partial charge in [0.05, 0.1) is 10.6 Å². The van der Waals surface area contributed by atoms with Crippen molar-refractivity contribution in [2.45, 2.75) is 36.6 Å². The molecule has 2 aliphatic rings. The largest absolute Gasteiger partial charge is 0.352 e. The Hall–Kier alpha value is -2.05. The van der Waals surface area contributed by atoms with Gasteiger partial charge in [-0.3, -0.25) is 9.10 Å². The molecule has 0 aromatic heterocycles. The summed E-state index contributed by atoms with van der Waals surface area (Å²) >= 11 is 5.90. The van der Waals surface area contributed by atoms with E-state index in [-0.39, 0.29) is 23.4 Å². The monoisotopic (exact) mass is 418 g/mol. The van der Waals surface area contributed by atoms with Gasteiger partial charge >= 0.3 is 0 Å². The van der Waals surface area contributed by atoms with E-state index >= 15 is 0 Å². The van der Waals surface area contributed by atoms with E-state index in [2.05, 4.69) is 5.32 Å². The van der Waals surface area contributed by atoms with E-state index in [1.807, 2.05) is 6.07 Å². The molecule has 5 nitrogen and oxygen atoms in total. The van der Waals surface area contributed by atoms with Crippen LogP contribution in [0.1, 0.15) is 25.7 Å². The van der Waals surface area contributed by atoms with Crippen LogP contribution in [0.25, 0.3) is 0 Å². The average Bonchev–Trinajstić information content (AvgIpc) is 3.30. The summed E-state index contributed by atoms with van der Waals surface area (Å²) in [5.41, 5.74) is 0.459. The maximum atomic E-state index is 13.2. The Bertz CT molecular complexity index is 947. The summed E-state index contributed by atoms with van der Waals surface area (Å²) in [5, 5.41) is 3.53. The molecule has 2 aromatic rings. The highest BCUT2D eigenvalue weighted by Gasteiger charge is 2.40. The molecule has 28 heavy (non-hydrogen) atoms. The van der Waals surface area contributed by atoms with Gasteiger partial charge in [0.15, 0.2) is 0 Å². The zero-order chi connectivity index (χ0) is 19.7. The van der Waals surface area contributed by atoms with Crippen molar-refractivity contribution in [1.29, 1.82) is 0 Å². The van der Waals surface area contributed by atoms with Crippen LogP contribution in [-0.2, 0) is 14.8 Å². The van der Waals surface area contributed by atoms with Crippen molar-refractivity contribution < 1.29 is 13.2 Å².